The molecule has 0 aliphatic carbocycles. The van der Waals surface area contributed by atoms with Crippen LogP contribution in [0.4, 0.5) is 5.82 Å². The van der Waals surface area contributed by atoms with Crippen LogP contribution in [0.1, 0.15) is 6.92 Å². The largest absolute Gasteiger partial charge is 0.384 e. The van der Waals surface area contributed by atoms with Crippen molar-refractivity contribution in [2.75, 3.05) is 32.2 Å². The summed E-state index contributed by atoms with van der Waals surface area (Å²) in [5.41, 5.74) is 2.91. The highest BCUT2D eigenvalue weighted by Gasteiger charge is 2.18. The Kier molecular flexibility index (Phi) is 8.10. The summed E-state index contributed by atoms with van der Waals surface area (Å²) >= 11 is 6.29. The van der Waals surface area contributed by atoms with Gasteiger partial charge in [0.2, 0.25) is 0 Å². The van der Waals surface area contributed by atoms with E-state index >= 15 is 0 Å². The highest BCUT2D eigenvalue weighted by molar-refractivity contribution is 6.76. The van der Waals surface area contributed by atoms with E-state index in [9.17, 15) is 0 Å². The molecule has 3 rings (SSSR count). The van der Waals surface area contributed by atoms with E-state index in [2.05, 4.69) is 58.7 Å². The van der Waals surface area contributed by atoms with Gasteiger partial charge in [0.1, 0.15) is 24.5 Å². The van der Waals surface area contributed by atoms with Gasteiger partial charge in [0.15, 0.2) is 0 Å². The molecule has 3 aromatic rings. The number of halogens is 1. The Hall–Kier alpha value is -1.93. The lowest BCUT2D eigenvalue weighted by molar-refractivity contribution is 0.0899. The van der Waals surface area contributed by atoms with Gasteiger partial charge in [0, 0.05) is 45.1 Å². The Bertz CT molecular complexity index is 1000. The van der Waals surface area contributed by atoms with E-state index < -0.39 is 8.07 Å². The lowest BCUT2D eigenvalue weighted by atomic mass is 10.1. The summed E-state index contributed by atoms with van der Waals surface area (Å²) in [6, 6.07) is 9.00. The maximum absolute atomic E-state index is 6.29. The van der Waals surface area contributed by atoms with Gasteiger partial charge in [-0.05, 0) is 29.7 Å². The molecule has 2 heterocycles. The monoisotopic (exact) mass is 460 g/mol. The summed E-state index contributed by atoms with van der Waals surface area (Å²) < 4.78 is 13.3. The summed E-state index contributed by atoms with van der Waals surface area (Å²) in [6.45, 7) is 11.9. The maximum Gasteiger partial charge on any atom is 0.148 e. The molecule has 0 saturated heterocycles. The summed E-state index contributed by atoms with van der Waals surface area (Å²) in [7, 11) is 0.586. The normalized spacial score (nSPS) is 13.0. The molecule has 6 nitrogen and oxygen atoms in total. The molecule has 0 aliphatic heterocycles. The van der Waals surface area contributed by atoms with Crippen LogP contribution in [0.3, 0.4) is 0 Å². The molecule has 0 bridgehead atoms. The van der Waals surface area contributed by atoms with Gasteiger partial charge in [-0.25, -0.2) is 9.97 Å². The second kappa shape index (κ2) is 10.6. The number of nitrogens with one attached hydrogen (secondary N) is 1. The van der Waals surface area contributed by atoms with Crippen LogP contribution in [0.25, 0.3) is 22.2 Å². The average Bonchev–Trinajstić information content (AvgIpc) is 3.09. The van der Waals surface area contributed by atoms with Gasteiger partial charge in [-0.2, -0.15) is 0 Å². The highest BCUT2D eigenvalue weighted by atomic mass is 35.5. The van der Waals surface area contributed by atoms with Gasteiger partial charge in [-0.3, -0.25) is 0 Å². The van der Waals surface area contributed by atoms with Crippen molar-refractivity contribution in [3.8, 4) is 11.1 Å². The van der Waals surface area contributed by atoms with Crippen LogP contribution in [0.5, 0.6) is 0 Å². The Morgan fingerprint density at radius 1 is 1.23 bits per heavy atom. The number of rotatable bonds is 11. The number of hydrogen-bond acceptors (Lipinski definition) is 5. The van der Waals surface area contributed by atoms with Crippen molar-refractivity contribution in [2.45, 2.75) is 39.3 Å². The van der Waals surface area contributed by atoms with Gasteiger partial charge in [0.25, 0.3) is 0 Å². The van der Waals surface area contributed by atoms with E-state index in [0.717, 1.165) is 47.2 Å². The zero-order chi connectivity index (χ0) is 22.4. The summed E-state index contributed by atoms with van der Waals surface area (Å²) in [5.74, 6) is 1.17. The lowest BCUT2D eigenvalue weighted by Crippen LogP contribution is -2.22. The standard InChI is InChI=1S/C23H33ClN4O2Si/c1-17(14-29-2)12-25-22-21-20(18-7-6-8-19(24)11-18)13-28(23(21)27-15-26-22)16-30-9-10-31(3,4)5/h6-8,11,13,15,17H,9-10,12,14,16H2,1-5H3,(H,25,26,27). The minimum atomic E-state index is -1.14. The number of aromatic nitrogens is 3. The Morgan fingerprint density at radius 3 is 2.74 bits per heavy atom. The molecule has 0 spiro atoms. The number of benzene rings is 1. The van der Waals surface area contributed by atoms with Crippen molar-refractivity contribution in [1.82, 2.24) is 14.5 Å². The van der Waals surface area contributed by atoms with Crippen LogP contribution in [0.2, 0.25) is 30.7 Å². The van der Waals surface area contributed by atoms with Crippen molar-refractivity contribution in [2.24, 2.45) is 5.92 Å². The fourth-order valence-electron chi connectivity index (χ4n) is 3.39. The van der Waals surface area contributed by atoms with Gasteiger partial charge in [-0.15, -0.1) is 0 Å². The molecule has 1 unspecified atom stereocenters. The average molecular weight is 461 g/mol. The zero-order valence-corrected chi connectivity index (χ0v) is 20.9. The van der Waals surface area contributed by atoms with E-state index in [1.54, 1.807) is 13.4 Å². The minimum absolute atomic E-state index is 0.358. The van der Waals surface area contributed by atoms with Crippen LogP contribution in [-0.4, -0.2) is 49.5 Å². The second-order valence-corrected chi connectivity index (χ2v) is 15.3. The van der Waals surface area contributed by atoms with Crippen LogP contribution in [0.15, 0.2) is 36.8 Å². The summed E-state index contributed by atoms with van der Waals surface area (Å²) in [5, 5.41) is 5.16. The lowest BCUT2D eigenvalue weighted by Gasteiger charge is -2.15. The third-order valence-electron chi connectivity index (χ3n) is 5.09. The van der Waals surface area contributed by atoms with Gasteiger partial charge in [-0.1, -0.05) is 50.3 Å². The molecule has 0 amide bonds. The number of nitrogens with zero attached hydrogens (tertiary/aromatic N) is 3. The first-order valence-electron chi connectivity index (χ1n) is 10.7. The molecule has 168 valence electrons. The molecule has 1 N–H and O–H groups in total. The maximum atomic E-state index is 6.29. The molecular weight excluding hydrogens is 428 g/mol. The van der Waals surface area contributed by atoms with E-state index in [1.165, 1.54) is 0 Å². The van der Waals surface area contributed by atoms with Crippen LogP contribution in [0, 0.1) is 5.92 Å². The van der Waals surface area contributed by atoms with Crippen LogP contribution >= 0.6 is 11.6 Å². The Morgan fingerprint density at radius 2 is 2.03 bits per heavy atom. The molecule has 31 heavy (non-hydrogen) atoms. The predicted octanol–water partition coefficient (Wildman–Crippen LogP) is 5.76. The first-order chi connectivity index (χ1) is 14.8. The molecule has 0 aliphatic rings. The van der Waals surface area contributed by atoms with E-state index in [1.807, 2.05) is 18.2 Å². The second-order valence-electron chi connectivity index (χ2n) is 9.23. The van der Waals surface area contributed by atoms with Gasteiger partial charge in [0.05, 0.1) is 12.0 Å². The van der Waals surface area contributed by atoms with E-state index in [0.29, 0.717) is 24.3 Å². The van der Waals surface area contributed by atoms with E-state index in [-0.39, 0.29) is 0 Å². The fraction of sp³-hybridized carbons (Fsp3) is 0.478. The fourth-order valence-corrected chi connectivity index (χ4v) is 4.33. The van der Waals surface area contributed by atoms with Crippen molar-refractivity contribution in [1.29, 1.82) is 0 Å². The SMILES string of the molecule is COCC(C)CNc1ncnc2c1c(-c1cccc(Cl)c1)cn2COCC[Si](C)(C)C. The molecule has 0 fully saturated rings. The topological polar surface area (TPSA) is 61.2 Å². The van der Waals surface area contributed by atoms with Crippen LogP contribution < -0.4 is 5.32 Å². The first kappa shape index (κ1) is 23.7. The summed E-state index contributed by atoms with van der Waals surface area (Å²) in [6.07, 6.45) is 3.69. The van der Waals surface area contributed by atoms with Gasteiger partial charge >= 0.3 is 0 Å². The highest BCUT2D eigenvalue weighted by Crippen LogP contribution is 2.35. The molecule has 0 radical (unpaired) electrons. The molecule has 1 aromatic carbocycles. The molecule has 8 heteroatoms. The number of hydrogen-bond donors (Lipinski definition) is 1. The number of ether oxygens (including phenoxy) is 2. The first-order valence-corrected chi connectivity index (χ1v) is 14.8. The quantitative estimate of drug-likeness (QED) is 0.291. The van der Waals surface area contributed by atoms with Crippen molar-refractivity contribution < 1.29 is 9.47 Å². The smallest absolute Gasteiger partial charge is 0.148 e. The minimum Gasteiger partial charge on any atom is -0.384 e. The third-order valence-corrected chi connectivity index (χ3v) is 7.02. The Labute approximate surface area is 191 Å². The zero-order valence-electron chi connectivity index (χ0n) is 19.1. The molecule has 1 atom stereocenters. The molecule has 2 aromatic heterocycles. The third kappa shape index (κ3) is 6.52. The summed E-state index contributed by atoms with van der Waals surface area (Å²) in [4.78, 5) is 9.13. The molecule has 0 saturated carbocycles. The number of methoxy groups -OCH3 is 1. The van der Waals surface area contributed by atoms with Crippen molar-refractivity contribution >= 4 is 36.5 Å². The van der Waals surface area contributed by atoms with E-state index in [4.69, 9.17) is 21.1 Å². The van der Waals surface area contributed by atoms with Crippen molar-refractivity contribution in [3.05, 3.63) is 41.8 Å². The predicted molar refractivity (Wildman–Crippen MR) is 132 cm³/mol. The van der Waals surface area contributed by atoms with Crippen LogP contribution in [-0.2, 0) is 16.2 Å². The van der Waals surface area contributed by atoms with Crippen molar-refractivity contribution in [3.63, 3.8) is 0 Å². The number of fused-ring (bicyclic) bond motifs is 1. The Balaban J connectivity index is 1.94. The molecular formula is C23H33ClN4O2Si. The number of anilines is 1. The van der Waals surface area contributed by atoms with Gasteiger partial charge < -0.3 is 19.4 Å².